The van der Waals surface area contributed by atoms with Crippen LogP contribution in [0.15, 0.2) is 47.4 Å². The molecule has 0 unspecified atom stereocenters. The fourth-order valence-corrected chi connectivity index (χ4v) is 1.46. The minimum atomic E-state index is -0.213. The SMILES string of the molecule is C/C=C/C=C\C(=O)Nc1ccc(=O)n(CCC)c1. The molecule has 0 aliphatic heterocycles. The average Bonchev–Trinajstić information content (AvgIpc) is 2.34. The van der Waals surface area contributed by atoms with E-state index in [1.165, 1.54) is 12.1 Å². The van der Waals surface area contributed by atoms with Gasteiger partial charge in [0.25, 0.3) is 5.56 Å². The number of nitrogens with one attached hydrogen (secondary N) is 1. The van der Waals surface area contributed by atoms with Crippen molar-refractivity contribution in [3.8, 4) is 0 Å². The molecule has 0 saturated heterocycles. The topological polar surface area (TPSA) is 51.1 Å². The summed E-state index contributed by atoms with van der Waals surface area (Å²) in [4.78, 5) is 23.0. The second-order valence-electron chi connectivity index (χ2n) is 3.82. The lowest BCUT2D eigenvalue weighted by Gasteiger charge is -2.07. The van der Waals surface area contributed by atoms with Crippen LogP contribution in [0.2, 0.25) is 0 Å². The number of amides is 1. The molecule has 1 rings (SSSR count). The van der Waals surface area contributed by atoms with Crippen LogP contribution in [-0.2, 0) is 11.3 Å². The molecular weight excluding hydrogens is 228 g/mol. The molecule has 0 bridgehead atoms. The number of nitrogens with zero attached hydrogens (tertiary/aromatic N) is 1. The maximum atomic E-state index is 11.5. The number of aryl methyl sites for hydroxylation is 1. The van der Waals surface area contributed by atoms with E-state index in [4.69, 9.17) is 0 Å². The Labute approximate surface area is 107 Å². The Morgan fingerprint density at radius 1 is 1.39 bits per heavy atom. The minimum Gasteiger partial charge on any atom is -0.321 e. The number of allylic oxidation sites excluding steroid dienone is 3. The van der Waals surface area contributed by atoms with Crippen molar-refractivity contribution in [1.29, 1.82) is 0 Å². The smallest absolute Gasteiger partial charge is 0.250 e. The first-order valence-corrected chi connectivity index (χ1v) is 5.98. The van der Waals surface area contributed by atoms with Crippen LogP contribution in [0, 0.1) is 0 Å². The summed E-state index contributed by atoms with van der Waals surface area (Å²) in [5.41, 5.74) is 0.567. The van der Waals surface area contributed by atoms with Gasteiger partial charge in [0.2, 0.25) is 5.91 Å². The summed E-state index contributed by atoms with van der Waals surface area (Å²) in [5, 5.41) is 2.71. The molecule has 0 saturated carbocycles. The van der Waals surface area contributed by atoms with Crippen LogP contribution in [-0.4, -0.2) is 10.5 Å². The van der Waals surface area contributed by atoms with E-state index < -0.39 is 0 Å². The molecule has 1 aromatic heterocycles. The molecule has 1 amide bonds. The van der Waals surface area contributed by atoms with Crippen molar-refractivity contribution in [3.05, 3.63) is 53.0 Å². The van der Waals surface area contributed by atoms with Crippen LogP contribution in [0.1, 0.15) is 20.3 Å². The third-order valence-corrected chi connectivity index (χ3v) is 2.27. The number of anilines is 1. The normalized spacial score (nSPS) is 11.2. The van der Waals surface area contributed by atoms with Gasteiger partial charge in [-0.15, -0.1) is 0 Å². The number of pyridine rings is 1. The molecule has 4 heteroatoms. The highest BCUT2D eigenvalue weighted by Gasteiger charge is 2.00. The van der Waals surface area contributed by atoms with E-state index in [1.54, 1.807) is 29.0 Å². The predicted octanol–water partition coefficient (Wildman–Crippen LogP) is 2.33. The van der Waals surface area contributed by atoms with E-state index in [0.29, 0.717) is 12.2 Å². The molecule has 0 radical (unpaired) electrons. The Kier molecular flexibility index (Phi) is 5.64. The first kappa shape index (κ1) is 14.0. The first-order chi connectivity index (χ1) is 8.67. The third-order valence-electron chi connectivity index (χ3n) is 2.27. The lowest BCUT2D eigenvalue weighted by Crippen LogP contribution is -2.19. The van der Waals surface area contributed by atoms with E-state index in [1.807, 2.05) is 19.9 Å². The highest BCUT2D eigenvalue weighted by Crippen LogP contribution is 2.03. The number of rotatable bonds is 5. The molecule has 0 aromatic carbocycles. The molecule has 0 aliphatic rings. The van der Waals surface area contributed by atoms with Gasteiger partial charge in [0.15, 0.2) is 0 Å². The van der Waals surface area contributed by atoms with Crippen LogP contribution in [0.25, 0.3) is 0 Å². The molecule has 4 nitrogen and oxygen atoms in total. The number of carbonyl (C=O) groups is 1. The molecule has 0 fully saturated rings. The zero-order valence-corrected chi connectivity index (χ0v) is 10.7. The third kappa shape index (κ3) is 4.41. The van der Waals surface area contributed by atoms with E-state index in [0.717, 1.165) is 6.42 Å². The van der Waals surface area contributed by atoms with Gasteiger partial charge < -0.3 is 9.88 Å². The van der Waals surface area contributed by atoms with E-state index in [9.17, 15) is 9.59 Å². The molecule has 96 valence electrons. The summed E-state index contributed by atoms with van der Waals surface area (Å²) in [6.07, 6.45) is 9.25. The van der Waals surface area contributed by atoms with Crippen LogP contribution >= 0.6 is 0 Å². The van der Waals surface area contributed by atoms with Crippen molar-refractivity contribution in [3.63, 3.8) is 0 Å². The number of carbonyl (C=O) groups excluding carboxylic acids is 1. The number of hydrogen-bond donors (Lipinski definition) is 1. The van der Waals surface area contributed by atoms with Crippen molar-refractivity contribution in [1.82, 2.24) is 4.57 Å². The Balaban J connectivity index is 2.76. The quantitative estimate of drug-likeness (QED) is 0.640. The lowest BCUT2D eigenvalue weighted by atomic mass is 10.3. The van der Waals surface area contributed by atoms with Crippen molar-refractivity contribution < 1.29 is 4.79 Å². The van der Waals surface area contributed by atoms with E-state index in [2.05, 4.69) is 5.32 Å². The summed E-state index contributed by atoms with van der Waals surface area (Å²) in [5.74, 6) is -0.213. The van der Waals surface area contributed by atoms with Gasteiger partial charge >= 0.3 is 0 Å². The van der Waals surface area contributed by atoms with Gasteiger partial charge in [0, 0.05) is 24.9 Å². The Bertz CT molecular complexity index is 513. The highest BCUT2D eigenvalue weighted by molar-refractivity contribution is 5.99. The summed E-state index contributed by atoms with van der Waals surface area (Å²) in [6.45, 7) is 4.53. The van der Waals surface area contributed by atoms with Gasteiger partial charge in [-0.25, -0.2) is 0 Å². The fourth-order valence-electron chi connectivity index (χ4n) is 1.46. The Morgan fingerprint density at radius 2 is 2.17 bits per heavy atom. The minimum absolute atomic E-state index is 0.0562. The summed E-state index contributed by atoms with van der Waals surface area (Å²) in [6, 6.07) is 3.07. The molecule has 0 atom stereocenters. The van der Waals surface area contributed by atoms with Crippen LogP contribution in [0.3, 0.4) is 0 Å². The monoisotopic (exact) mass is 246 g/mol. The maximum absolute atomic E-state index is 11.5. The standard InChI is InChI=1S/C14H18N2O2/c1-3-5-6-7-13(17)15-12-8-9-14(18)16(11-12)10-4-2/h3,5-9,11H,4,10H2,1-2H3,(H,15,17)/b5-3+,7-6-. The molecule has 1 N–H and O–H groups in total. The molecule has 1 heterocycles. The van der Waals surface area contributed by atoms with Crippen LogP contribution in [0.5, 0.6) is 0 Å². The summed E-state index contributed by atoms with van der Waals surface area (Å²) < 4.78 is 1.59. The van der Waals surface area contributed by atoms with Gasteiger partial charge in [-0.05, 0) is 19.4 Å². The summed E-state index contributed by atoms with van der Waals surface area (Å²) in [7, 11) is 0. The van der Waals surface area contributed by atoms with Gasteiger partial charge in [-0.2, -0.15) is 0 Å². The zero-order chi connectivity index (χ0) is 13.4. The summed E-state index contributed by atoms with van der Waals surface area (Å²) >= 11 is 0. The van der Waals surface area contributed by atoms with Crippen molar-refractivity contribution in [2.24, 2.45) is 0 Å². The second-order valence-corrected chi connectivity index (χ2v) is 3.82. The largest absolute Gasteiger partial charge is 0.321 e. The molecule has 18 heavy (non-hydrogen) atoms. The van der Waals surface area contributed by atoms with E-state index in [-0.39, 0.29) is 11.5 Å². The highest BCUT2D eigenvalue weighted by atomic mass is 16.1. The van der Waals surface area contributed by atoms with Crippen molar-refractivity contribution in [2.75, 3.05) is 5.32 Å². The van der Waals surface area contributed by atoms with Gasteiger partial charge in [0.1, 0.15) is 0 Å². The first-order valence-electron chi connectivity index (χ1n) is 5.98. The number of aromatic nitrogens is 1. The predicted molar refractivity (Wildman–Crippen MR) is 73.6 cm³/mol. The van der Waals surface area contributed by atoms with Gasteiger partial charge in [-0.3, -0.25) is 9.59 Å². The maximum Gasteiger partial charge on any atom is 0.250 e. The Morgan fingerprint density at radius 3 is 2.83 bits per heavy atom. The lowest BCUT2D eigenvalue weighted by molar-refractivity contribution is -0.111. The molecular formula is C14H18N2O2. The Hall–Kier alpha value is -2.10. The van der Waals surface area contributed by atoms with Crippen molar-refractivity contribution in [2.45, 2.75) is 26.8 Å². The van der Waals surface area contributed by atoms with Crippen LogP contribution < -0.4 is 10.9 Å². The van der Waals surface area contributed by atoms with Gasteiger partial charge in [0.05, 0.1) is 5.69 Å². The molecule has 0 spiro atoms. The second kappa shape index (κ2) is 7.27. The van der Waals surface area contributed by atoms with Crippen molar-refractivity contribution >= 4 is 11.6 Å². The molecule has 1 aromatic rings. The van der Waals surface area contributed by atoms with E-state index >= 15 is 0 Å². The fraction of sp³-hybridized carbons (Fsp3) is 0.286. The average molecular weight is 246 g/mol. The molecule has 0 aliphatic carbocycles. The van der Waals surface area contributed by atoms with Gasteiger partial charge in [-0.1, -0.05) is 25.2 Å². The zero-order valence-electron chi connectivity index (χ0n) is 10.7. The number of hydrogen-bond acceptors (Lipinski definition) is 2. The van der Waals surface area contributed by atoms with Crippen LogP contribution in [0.4, 0.5) is 5.69 Å².